The number of methoxy groups -OCH3 is 1. The fraction of sp³-hybridized carbons (Fsp3) is 0.150. The lowest BCUT2D eigenvalue weighted by molar-refractivity contribution is 0.102. The van der Waals surface area contributed by atoms with Gasteiger partial charge in [0, 0.05) is 18.0 Å². The van der Waals surface area contributed by atoms with Gasteiger partial charge in [-0.25, -0.2) is 0 Å². The largest absolute Gasteiger partial charge is 0.472 e. The summed E-state index contributed by atoms with van der Waals surface area (Å²) in [5.74, 6) is -0.380. The van der Waals surface area contributed by atoms with Crippen molar-refractivity contribution >= 4 is 33.3 Å². The lowest BCUT2D eigenvalue weighted by Crippen LogP contribution is -2.14. The number of rotatable bonds is 5. The van der Waals surface area contributed by atoms with Gasteiger partial charge >= 0.3 is 0 Å². The Balaban J connectivity index is 1.79. The minimum Gasteiger partial charge on any atom is -0.472 e. The van der Waals surface area contributed by atoms with Gasteiger partial charge in [-0.1, -0.05) is 18.1 Å². The molecule has 1 amide bonds. The molecule has 0 aliphatic carbocycles. The van der Waals surface area contributed by atoms with E-state index < -0.39 is 0 Å². The van der Waals surface area contributed by atoms with Crippen LogP contribution in [0.2, 0.25) is 0 Å². The fourth-order valence-corrected chi connectivity index (χ4v) is 3.43. The molecule has 0 spiro atoms. The number of carbonyl (C=O) groups is 1. The number of nitrogens with zero attached hydrogens (tertiary/aromatic N) is 3. The highest BCUT2D eigenvalue weighted by Gasteiger charge is 2.17. The van der Waals surface area contributed by atoms with E-state index in [1.807, 2.05) is 19.1 Å². The Morgan fingerprint density at radius 1 is 1.24 bits per heavy atom. The molecule has 8 nitrogen and oxygen atoms in total. The molecule has 0 fully saturated rings. The van der Waals surface area contributed by atoms with Gasteiger partial charge in [0.15, 0.2) is 5.43 Å². The molecule has 0 radical (unpaired) electrons. The van der Waals surface area contributed by atoms with Crippen molar-refractivity contribution in [2.75, 3.05) is 12.4 Å². The SMILES string of the molecule is CCc1cc(-c2ccc3occc(=O)c3c2)c(C(=O)Nc2nnc(OC)s2)cn1. The van der Waals surface area contributed by atoms with E-state index in [0.29, 0.717) is 44.4 Å². The van der Waals surface area contributed by atoms with E-state index in [4.69, 9.17) is 9.15 Å². The average Bonchev–Trinajstić information content (AvgIpc) is 3.21. The zero-order chi connectivity index (χ0) is 20.4. The minimum atomic E-state index is -0.380. The van der Waals surface area contributed by atoms with Crippen LogP contribution >= 0.6 is 11.3 Å². The number of carbonyl (C=O) groups excluding carboxylic acids is 1. The first kappa shape index (κ1) is 18.8. The van der Waals surface area contributed by atoms with E-state index in [1.165, 1.54) is 25.6 Å². The van der Waals surface area contributed by atoms with Gasteiger partial charge in [0.25, 0.3) is 11.1 Å². The molecule has 29 heavy (non-hydrogen) atoms. The van der Waals surface area contributed by atoms with Crippen molar-refractivity contribution in [3.63, 3.8) is 0 Å². The zero-order valence-corrected chi connectivity index (χ0v) is 16.4. The molecule has 146 valence electrons. The molecule has 4 aromatic rings. The van der Waals surface area contributed by atoms with E-state index in [1.54, 1.807) is 12.1 Å². The molecule has 0 bridgehead atoms. The summed E-state index contributed by atoms with van der Waals surface area (Å²) in [6, 6.07) is 8.47. The van der Waals surface area contributed by atoms with Gasteiger partial charge in [-0.15, -0.1) is 5.10 Å². The number of benzene rings is 1. The number of hydrogen-bond donors (Lipinski definition) is 1. The number of anilines is 1. The maximum absolute atomic E-state index is 12.9. The predicted molar refractivity (Wildman–Crippen MR) is 110 cm³/mol. The van der Waals surface area contributed by atoms with E-state index in [0.717, 1.165) is 17.0 Å². The van der Waals surface area contributed by atoms with Gasteiger partial charge in [0.1, 0.15) is 5.58 Å². The molecular weight excluding hydrogens is 392 g/mol. The summed E-state index contributed by atoms with van der Waals surface area (Å²) >= 11 is 1.12. The lowest BCUT2D eigenvalue weighted by atomic mass is 9.98. The number of ether oxygens (including phenoxy) is 1. The number of pyridine rings is 1. The minimum absolute atomic E-state index is 0.148. The van der Waals surface area contributed by atoms with Crippen LogP contribution in [0.15, 0.2) is 52.0 Å². The highest BCUT2D eigenvalue weighted by Crippen LogP contribution is 2.28. The lowest BCUT2D eigenvalue weighted by Gasteiger charge is -2.11. The Hall–Kier alpha value is -3.59. The Bertz CT molecular complexity index is 1260. The summed E-state index contributed by atoms with van der Waals surface area (Å²) in [5.41, 5.74) is 2.90. The van der Waals surface area contributed by atoms with Crippen molar-refractivity contribution in [1.82, 2.24) is 15.2 Å². The second-order valence-electron chi connectivity index (χ2n) is 6.10. The zero-order valence-electron chi connectivity index (χ0n) is 15.6. The molecule has 1 aromatic carbocycles. The Kier molecular flexibility index (Phi) is 5.05. The quantitative estimate of drug-likeness (QED) is 0.538. The summed E-state index contributed by atoms with van der Waals surface area (Å²) in [4.78, 5) is 29.5. The Labute approximate surface area is 169 Å². The molecule has 0 unspecified atom stereocenters. The molecule has 1 N–H and O–H groups in total. The molecule has 9 heteroatoms. The van der Waals surface area contributed by atoms with Crippen LogP contribution in [-0.2, 0) is 6.42 Å². The number of aryl methyl sites for hydroxylation is 1. The Morgan fingerprint density at radius 3 is 2.86 bits per heavy atom. The van der Waals surface area contributed by atoms with Gasteiger partial charge in [-0.05, 0) is 47.1 Å². The van der Waals surface area contributed by atoms with Gasteiger partial charge < -0.3 is 9.15 Å². The number of nitrogens with one attached hydrogen (secondary N) is 1. The van der Waals surface area contributed by atoms with E-state index >= 15 is 0 Å². The van der Waals surface area contributed by atoms with Crippen LogP contribution in [0.5, 0.6) is 5.19 Å². The number of aromatic nitrogens is 3. The average molecular weight is 408 g/mol. The normalized spacial score (nSPS) is 10.8. The standard InChI is InChI=1S/C20H16N4O4S/c1-3-12-9-13(11-4-5-17-14(8-11)16(25)6-7-28-17)15(10-21-12)18(26)22-19-23-24-20(27-2)29-19/h4-10H,3H2,1-2H3,(H,22,23,26). The van der Waals surface area contributed by atoms with Gasteiger partial charge in [0.2, 0.25) is 5.13 Å². The van der Waals surface area contributed by atoms with Crippen molar-refractivity contribution in [1.29, 1.82) is 0 Å². The monoisotopic (exact) mass is 408 g/mol. The molecule has 0 saturated carbocycles. The first-order chi connectivity index (χ1) is 14.1. The van der Waals surface area contributed by atoms with Crippen molar-refractivity contribution in [3.05, 3.63) is 64.3 Å². The fourth-order valence-electron chi connectivity index (χ4n) is 2.87. The third-order valence-electron chi connectivity index (χ3n) is 4.34. The smallest absolute Gasteiger partial charge is 0.295 e. The van der Waals surface area contributed by atoms with Crippen LogP contribution in [0.3, 0.4) is 0 Å². The van der Waals surface area contributed by atoms with Crippen LogP contribution in [0.1, 0.15) is 23.0 Å². The molecular formula is C20H16N4O4S. The maximum Gasteiger partial charge on any atom is 0.295 e. The van der Waals surface area contributed by atoms with Crippen LogP contribution in [-0.4, -0.2) is 28.2 Å². The van der Waals surface area contributed by atoms with Crippen LogP contribution in [0.25, 0.3) is 22.1 Å². The van der Waals surface area contributed by atoms with Gasteiger partial charge in [0.05, 0.1) is 24.3 Å². The van der Waals surface area contributed by atoms with Crippen molar-refractivity contribution in [2.24, 2.45) is 0 Å². The first-order valence-electron chi connectivity index (χ1n) is 8.78. The summed E-state index contributed by atoms with van der Waals surface area (Å²) in [6.45, 7) is 1.98. The van der Waals surface area contributed by atoms with E-state index in [-0.39, 0.29) is 11.3 Å². The second kappa shape index (κ2) is 7.80. The second-order valence-corrected chi connectivity index (χ2v) is 7.04. The number of amides is 1. The van der Waals surface area contributed by atoms with Crippen molar-refractivity contribution in [2.45, 2.75) is 13.3 Å². The number of fused-ring (bicyclic) bond motifs is 1. The van der Waals surface area contributed by atoms with Crippen LogP contribution in [0.4, 0.5) is 5.13 Å². The van der Waals surface area contributed by atoms with Crippen LogP contribution in [0, 0.1) is 0 Å². The maximum atomic E-state index is 12.9. The summed E-state index contributed by atoms with van der Waals surface area (Å²) in [5, 5.41) is 11.5. The molecule has 3 heterocycles. The Morgan fingerprint density at radius 2 is 2.10 bits per heavy atom. The van der Waals surface area contributed by atoms with Crippen molar-refractivity contribution in [3.8, 4) is 16.3 Å². The predicted octanol–water partition coefficient (Wildman–Crippen LogP) is 3.53. The highest BCUT2D eigenvalue weighted by molar-refractivity contribution is 7.17. The molecule has 4 rings (SSSR count). The van der Waals surface area contributed by atoms with Gasteiger partial charge in [-0.2, -0.15) is 0 Å². The highest BCUT2D eigenvalue weighted by atomic mass is 32.1. The van der Waals surface area contributed by atoms with E-state index in [9.17, 15) is 9.59 Å². The summed E-state index contributed by atoms with van der Waals surface area (Å²) in [6.07, 6.45) is 3.60. The summed E-state index contributed by atoms with van der Waals surface area (Å²) in [7, 11) is 1.48. The molecule has 0 aliphatic heterocycles. The first-order valence-corrected chi connectivity index (χ1v) is 9.60. The molecule has 0 atom stereocenters. The van der Waals surface area contributed by atoms with Crippen LogP contribution < -0.4 is 15.5 Å². The van der Waals surface area contributed by atoms with Crippen molar-refractivity contribution < 1.29 is 13.9 Å². The summed E-state index contributed by atoms with van der Waals surface area (Å²) < 4.78 is 10.4. The third-order valence-corrected chi connectivity index (χ3v) is 5.14. The van der Waals surface area contributed by atoms with E-state index in [2.05, 4.69) is 20.5 Å². The third kappa shape index (κ3) is 3.72. The molecule has 3 aromatic heterocycles. The topological polar surface area (TPSA) is 107 Å². The van der Waals surface area contributed by atoms with Gasteiger partial charge in [-0.3, -0.25) is 19.9 Å². The molecule has 0 aliphatic rings. The molecule has 0 saturated heterocycles. The number of hydrogen-bond acceptors (Lipinski definition) is 8.